The van der Waals surface area contributed by atoms with Gasteiger partial charge < -0.3 is 14.8 Å². The Balaban J connectivity index is 1.66. The van der Waals surface area contributed by atoms with Crippen LogP contribution in [0, 0.1) is 5.92 Å². The first kappa shape index (κ1) is 21.0. The number of rotatable bonds is 9. The highest BCUT2D eigenvalue weighted by molar-refractivity contribution is 5.96. The molecule has 0 spiro atoms. The van der Waals surface area contributed by atoms with E-state index in [9.17, 15) is 14.4 Å². The number of benzene rings is 1. The Kier molecular flexibility index (Phi) is 6.79. The van der Waals surface area contributed by atoms with Crippen molar-refractivity contribution < 1.29 is 23.9 Å². The molecular formula is C22H23N3O5. The lowest BCUT2D eigenvalue weighted by atomic mass is 9.92. The average Bonchev–Trinajstić information content (AvgIpc) is 3.40. The van der Waals surface area contributed by atoms with E-state index in [-0.39, 0.29) is 29.9 Å². The van der Waals surface area contributed by atoms with Crippen LogP contribution in [-0.4, -0.2) is 38.5 Å². The summed E-state index contributed by atoms with van der Waals surface area (Å²) in [4.78, 5) is 40.5. The molecule has 2 N–H and O–H groups in total. The molecule has 0 aliphatic heterocycles. The van der Waals surface area contributed by atoms with Crippen LogP contribution >= 0.6 is 0 Å². The Morgan fingerprint density at radius 3 is 2.53 bits per heavy atom. The van der Waals surface area contributed by atoms with Gasteiger partial charge in [0.1, 0.15) is 6.33 Å². The van der Waals surface area contributed by atoms with Gasteiger partial charge in [-0.25, -0.2) is 14.3 Å². The van der Waals surface area contributed by atoms with Gasteiger partial charge in [0.25, 0.3) is 0 Å². The van der Waals surface area contributed by atoms with E-state index in [0.29, 0.717) is 18.5 Å². The monoisotopic (exact) mass is 409 g/mol. The number of furan rings is 1. The zero-order valence-electron chi connectivity index (χ0n) is 16.5. The van der Waals surface area contributed by atoms with E-state index in [1.807, 2.05) is 37.3 Å². The zero-order valence-corrected chi connectivity index (χ0v) is 16.5. The third-order valence-corrected chi connectivity index (χ3v) is 4.68. The predicted octanol–water partition coefficient (Wildman–Crippen LogP) is 3.18. The first-order valence-corrected chi connectivity index (χ1v) is 9.59. The van der Waals surface area contributed by atoms with Crippen LogP contribution in [0.1, 0.15) is 35.2 Å². The minimum Gasteiger partial charge on any atom is -0.464 e. The molecule has 8 nitrogen and oxygen atoms in total. The third kappa shape index (κ3) is 5.66. The van der Waals surface area contributed by atoms with Gasteiger partial charge in [0.15, 0.2) is 11.5 Å². The Morgan fingerprint density at radius 2 is 1.90 bits per heavy atom. The van der Waals surface area contributed by atoms with Gasteiger partial charge in [-0.1, -0.05) is 30.3 Å². The van der Waals surface area contributed by atoms with Crippen molar-refractivity contribution in [2.45, 2.75) is 32.2 Å². The summed E-state index contributed by atoms with van der Waals surface area (Å²) in [7, 11) is 0. The molecule has 1 aromatic carbocycles. The van der Waals surface area contributed by atoms with Crippen LogP contribution in [-0.2, 0) is 17.6 Å². The number of amides is 1. The van der Waals surface area contributed by atoms with Gasteiger partial charge in [0.05, 0.1) is 12.0 Å². The van der Waals surface area contributed by atoms with Crippen molar-refractivity contribution in [2.75, 3.05) is 0 Å². The van der Waals surface area contributed by atoms with Crippen molar-refractivity contribution in [1.82, 2.24) is 14.9 Å². The summed E-state index contributed by atoms with van der Waals surface area (Å²) in [6.45, 7) is 1.81. The van der Waals surface area contributed by atoms with Gasteiger partial charge in [-0.3, -0.25) is 9.59 Å². The van der Waals surface area contributed by atoms with Crippen LogP contribution in [0.4, 0.5) is 4.79 Å². The molecule has 0 fully saturated rings. The quantitative estimate of drug-likeness (QED) is 0.525. The molecule has 2 atom stereocenters. The lowest BCUT2D eigenvalue weighted by Gasteiger charge is -2.19. The average molecular weight is 409 g/mol. The normalized spacial score (nSPS) is 12.8. The van der Waals surface area contributed by atoms with E-state index < -0.39 is 12.0 Å². The van der Waals surface area contributed by atoms with E-state index in [0.717, 1.165) is 10.1 Å². The van der Waals surface area contributed by atoms with Crippen molar-refractivity contribution in [2.24, 2.45) is 5.92 Å². The van der Waals surface area contributed by atoms with Gasteiger partial charge >= 0.3 is 6.09 Å². The first-order chi connectivity index (χ1) is 14.4. The van der Waals surface area contributed by atoms with Gasteiger partial charge in [-0.05, 0) is 31.0 Å². The molecule has 3 aromatic rings. The zero-order chi connectivity index (χ0) is 21.5. The second-order valence-corrected chi connectivity index (χ2v) is 7.16. The lowest BCUT2D eigenvalue weighted by molar-refractivity contribution is -0.125. The minimum absolute atomic E-state index is 0.0224. The second-order valence-electron chi connectivity index (χ2n) is 7.16. The molecule has 0 saturated heterocycles. The van der Waals surface area contributed by atoms with Crippen LogP contribution in [0.15, 0.2) is 65.7 Å². The first-order valence-electron chi connectivity index (χ1n) is 9.59. The molecular weight excluding hydrogens is 386 g/mol. The molecule has 2 heterocycles. The molecule has 0 aliphatic carbocycles. The second kappa shape index (κ2) is 9.69. The Labute approximate surface area is 173 Å². The smallest absolute Gasteiger partial charge is 0.416 e. The highest BCUT2D eigenvalue weighted by Gasteiger charge is 2.25. The number of ketones is 1. The number of hydrogen-bond acceptors (Lipinski definition) is 5. The van der Waals surface area contributed by atoms with E-state index in [4.69, 9.17) is 9.52 Å². The topological polar surface area (TPSA) is 114 Å². The summed E-state index contributed by atoms with van der Waals surface area (Å²) in [5.41, 5.74) is 1.51. The number of nitrogens with zero attached hydrogens (tertiary/aromatic N) is 2. The summed E-state index contributed by atoms with van der Waals surface area (Å²) >= 11 is 0. The number of aromatic nitrogens is 2. The highest BCUT2D eigenvalue weighted by atomic mass is 16.4. The molecule has 0 saturated carbocycles. The lowest BCUT2D eigenvalue weighted by Crippen LogP contribution is -2.40. The standard InChI is InChI=1S/C22H23N3O5/c1-15(10-18-13-25(14-23-18)22(28)29)24-21(27)17(11-16-6-3-2-4-7-16)12-19(26)20-8-5-9-30-20/h2-9,13-15,17H,10-12H2,1H3,(H,24,27)(H,28,29)/t15-,17?/m1/s1. The fourth-order valence-corrected chi connectivity index (χ4v) is 3.22. The molecule has 30 heavy (non-hydrogen) atoms. The number of imidazole rings is 1. The summed E-state index contributed by atoms with van der Waals surface area (Å²) < 4.78 is 6.13. The van der Waals surface area contributed by atoms with E-state index in [1.165, 1.54) is 18.8 Å². The summed E-state index contributed by atoms with van der Waals surface area (Å²) in [6, 6.07) is 12.4. The maximum atomic E-state index is 13.0. The van der Waals surface area contributed by atoms with E-state index >= 15 is 0 Å². The van der Waals surface area contributed by atoms with Crippen molar-refractivity contribution in [3.63, 3.8) is 0 Å². The van der Waals surface area contributed by atoms with Crippen LogP contribution in [0.5, 0.6) is 0 Å². The number of Topliss-reactive ketones (excluding diaryl/α,β-unsaturated/α-hetero) is 1. The molecule has 1 amide bonds. The van der Waals surface area contributed by atoms with Gasteiger partial charge in [-0.2, -0.15) is 0 Å². The fraction of sp³-hybridized carbons (Fsp3) is 0.273. The summed E-state index contributed by atoms with van der Waals surface area (Å²) in [6.07, 6.45) is 3.74. The molecule has 1 unspecified atom stereocenters. The van der Waals surface area contributed by atoms with Gasteiger partial charge in [0.2, 0.25) is 5.91 Å². The number of carboxylic acid groups (broad SMARTS) is 1. The fourth-order valence-electron chi connectivity index (χ4n) is 3.22. The van der Waals surface area contributed by atoms with Crippen molar-refractivity contribution in [3.05, 3.63) is 78.3 Å². The van der Waals surface area contributed by atoms with Crippen molar-refractivity contribution >= 4 is 17.8 Å². The van der Waals surface area contributed by atoms with Crippen molar-refractivity contribution in [1.29, 1.82) is 0 Å². The SMILES string of the molecule is C[C@H](Cc1cn(C(=O)O)cn1)NC(=O)C(CC(=O)c1ccco1)Cc1ccccc1. The molecule has 0 radical (unpaired) electrons. The minimum atomic E-state index is -1.12. The Bertz CT molecular complexity index is 995. The predicted molar refractivity (Wildman–Crippen MR) is 108 cm³/mol. The van der Waals surface area contributed by atoms with Gasteiger partial charge in [-0.15, -0.1) is 0 Å². The van der Waals surface area contributed by atoms with Crippen molar-refractivity contribution in [3.8, 4) is 0 Å². The molecule has 156 valence electrons. The molecule has 3 rings (SSSR count). The molecule has 2 aromatic heterocycles. The number of hydrogen-bond donors (Lipinski definition) is 2. The van der Waals surface area contributed by atoms with Crippen LogP contribution in [0.3, 0.4) is 0 Å². The van der Waals surface area contributed by atoms with E-state index in [2.05, 4.69) is 10.3 Å². The largest absolute Gasteiger partial charge is 0.464 e. The summed E-state index contributed by atoms with van der Waals surface area (Å²) in [5.74, 6) is -0.815. The number of carbonyl (C=O) groups excluding carboxylic acids is 2. The highest BCUT2D eigenvalue weighted by Crippen LogP contribution is 2.17. The third-order valence-electron chi connectivity index (χ3n) is 4.68. The maximum absolute atomic E-state index is 13.0. The van der Waals surface area contributed by atoms with Gasteiger partial charge in [0, 0.05) is 31.0 Å². The summed E-state index contributed by atoms with van der Waals surface area (Å²) in [5, 5.41) is 11.9. The van der Waals surface area contributed by atoms with Crippen LogP contribution < -0.4 is 5.32 Å². The van der Waals surface area contributed by atoms with Crippen LogP contribution in [0.25, 0.3) is 0 Å². The van der Waals surface area contributed by atoms with Crippen LogP contribution in [0.2, 0.25) is 0 Å². The molecule has 0 aliphatic rings. The molecule has 0 bridgehead atoms. The Hall–Kier alpha value is -3.68. The molecule has 8 heteroatoms. The van der Waals surface area contributed by atoms with E-state index in [1.54, 1.807) is 12.1 Å². The number of carbonyl (C=O) groups is 3. The number of nitrogens with one attached hydrogen (secondary N) is 1. The Morgan fingerprint density at radius 1 is 1.13 bits per heavy atom. The maximum Gasteiger partial charge on any atom is 0.416 e.